The minimum atomic E-state index is -3.17. The summed E-state index contributed by atoms with van der Waals surface area (Å²) in [6.07, 6.45) is 1.18. The lowest BCUT2D eigenvalue weighted by Gasteiger charge is -2.10. The van der Waals surface area contributed by atoms with Gasteiger partial charge in [0.2, 0.25) is 0 Å². The highest BCUT2D eigenvalue weighted by Gasteiger charge is 2.10. The van der Waals surface area contributed by atoms with E-state index in [2.05, 4.69) is 5.32 Å². The maximum Gasteiger partial charge on any atom is 0.175 e. The predicted molar refractivity (Wildman–Crippen MR) is 60.3 cm³/mol. The first-order chi connectivity index (χ1) is 6.99. The zero-order valence-corrected chi connectivity index (χ0v) is 9.89. The number of methoxy groups -OCH3 is 1. The Balaban J connectivity index is 3.19. The molecular weight excluding hydrogens is 214 g/mol. The number of hydrogen-bond acceptors (Lipinski definition) is 4. The Kier molecular flexibility index (Phi) is 3.57. The summed E-state index contributed by atoms with van der Waals surface area (Å²) >= 11 is 0. The molecule has 0 spiro atoms. The van der Waals surface area contributed by atoms with Gasteiger partial charge in [-0.2, -0.15) is 0 Å². The van der Waals surface area contributed by atoms with Crippen molar-refractivity contribution in [2.45, 2.75) is 11.8 Å². The van der Waals surface area contributed by atoms with E-state index in [9.17, 15) is 8.42 Å². The molecule has 0 amide bonds. The van der Waals surface area contributed by atoms with Crippen LogP contribution in [0, 0.1) is 0 Å². The molecule has 4 nitrogen and oxygen atoms in total. The third-order valence-electron chi connectivity index (χ3n) is 1.97. The molecule has 15 heavy (non-hydrogen) atoms. The van der Waals surface area contributed by atoms with Gasteiger partial charge in [0.1, 0.15) is 5.75 Å². The van der Waals surface area contributed by atoms with E-state index < -0.39 is 9.84 Å². The number of ether oxygens (including phenoxy) is 1. The Bertz CT molecular complexity index is 440. The van der Waals surface area contributed by atoms with Crippen molar-refractivity contribution >= 4 is 15.5 Å². The maximum atomic E-state index is 11.3. The van der Waals surface area contributed by atoms with E-state index in [0.29, 0.717) is 5.75 Å². The van der Waals surface area contributed by atoms with Crippen LogP contribution in [0.3, 0.4) is 0 Å². The summed E-state index contributed by atoms with van der Waals surface area (Å²) in [7, 11) is -1.66. The maximum absolute atomic E-state index is 11.3. The first-order valence-corrected chi connectivity index (χ1v) is 6.50. The topological polar surface area (TPSA) is 55.4 Å². The number of rotatable bonds is 4. The molecule has 0 radical (unpaired) electrons. The minimum Gasteiger partial charge on any atom is -0.495 e. The van der Waals surface area contributed by atoms with Crippen LogP contribution in [0.4, 0.5) is 5.69 Å². The van der Waals surface area contributed by atoms with Crippen molar-refractivity contribution in [3.8, 4) is 5.75 Å². The van der Waals surface area contributed by atoms with Crippen molar-refractivity contribution in [1.82, 2.24) is 0 Å². The molecule has 0 fully saturated rings. The summed E-state index contributed by atoms with van der Waals surface area (Å²) in [5, 5.41) is 3.09. The molecular formula is C10H15NO3S. The lowest BCUT2D eigenvalue weighted by atomic mass is 10.3. The fourth-order valence-corrected chi connectivity index (χ4v) is 1.88. The van der Waals surface area contributed by atoms with Crippen molar-refractivity contribution in [2.24, 2.45) is 0 Å². The molecule has 5 heteroatoms. The quantitative estimate of drug-likeness (QED) is 0.850. The Morgan fingerprint density at radius 1 is 1.40 bits per heavy atom. The fourth-order valence-electron chi connectivity index (χ4n) is 1.24. The molecule has 0 saturated carbocycles. The van der Waals surface area contributed by atoms with Crippen molar-refractivity contribution in [3.05, 3.63) is 18.2 Å². The van der Waals surface area contributed by atoms with E-state index >= 15 is 0 Å². The van der Waals surface area contributed by atoms with Gasteiger partial charge in [0.05, 0.1) is 17.7 Å². The first kappa shape index (κ1) is 11.8. The summed E-state index contributed by atoms with van der Waals surface area (Å²) in [4.78, 5) is 0.265. The van der Waals surface area contributed by atoms with Crippen LogP contribution in [0.1, 0.15) is 6.92 Å². The summed E-state index contributed by atoms with van der Waals surface area (Å²) in [6, 6.07) is 4.79. The summed E-state index contributed by atoms with van der Waals surface area (Å²) in [5.74, 6) is 0.541. The zero-order valence-electron chi connectivity index (χ0n) is 9.07. The number of benzene rings is 1. The van der Waals surface area contributed by atoms with E-state index in [4.69, 9.17) is 4.74 Å². The molecule has 0 bridgehead atoms. The van der Waals surface area contributed by atoms with E-state index in [0.717, 1.165) is 12.2 Å². The fraction of sp³-hybridized carbons (Fsp3) is 0.400. The first-order valence-electron chi connectivity index (χ1n) is 4.61. The number of sulfone groups is 1. The molecule has 0 aliphatic carbocycles. The molecule has 1 aromatic carbocycles. The van der Waals surface area contributed by atoms with Gasteiger partial charge in [0.25, 0.3) is 0 Å². The van der Waals surface area contributed by atoms with E-state index in [1.54, 1.807) is 12.1 Å². The lowest BCUT2D eigenvalue weighted by Crippen LogP contribution is -2.02. The van der Waals surface area contributed by atoms with Crippen LogP contribution in [0.5, 0.6) is 5.75 Å². The van der Waals surface area contributed by atoms with E-state index in [1.807, 2.05) is 6.92 Å². The second-order valence-electron chi connectivity index (χ2n) is 3.16. The smallest absolute Gasteiger partial charge is 0.175 e. The Morgan fingerprint density at radius 3 is 2.53 bits per heavy atom. The molecule has 0 atom stereocenters. The minimum absolute atomic E-state index is 0.265. The molecule has 0 aromatic heterocycles. The van der Waals surface area contributed by atoms with Crippen molar-refractivity contribution in [1.29, 1.82) is 0 Å². The molecule has 0 saturated heterocycles. The Hall–Kier alpha value is -1.23. The Morgan fingerprint density at radius 2 is 2.07 bits per heavy atom. The van der Waals surface area contributed by atoms with Crippen LogP contribution in [-0.4, -0.2) is 28.3 Å². The van der Waals surface area contributed by atoms with Gasteiger partial charge in [-0.15, -0.1) is 0 Å². The van der Waals surface area contributed by atoms with Crippen molar-refractivity contribution in [3.63, 3.8) is 0 Å². The highest BCUT2D eigenvalue weighted by Crippen LogP contribution is 2.27. The monoisotopic (exact) mass is 229 g/mol. The summed E-state index contributed by atoms with van der Waals surface area (Å²) in [6.45, 7) is 2.72. The molecule has 0 heterocycles. The van der Waals surface area contributed by atoms with E-state index in [-0.39, 0.29) is 4.90 Å². The third-order valence-corrected chi connectivity index (χ3v) is 3.08. The predicted octanol–water partition coefficient (Wildman–Crippen LogP) is 1.53. The highest BCUT2D eigenvalue weighted by molar-refractivity contribution is 7.90. The second-order valence-corrected chi connectivity index (χ2v) is 5.18. The molecule has 0 aliphatic heterocycles. The van der Waals surface area contributed by atoms with Gasteiger partial charge in [0.15, 0.2) is 9.84 Å². The van der Waals surface area contributed by atoms with Gasteiger partial charge in [-0.25, -0.2) is 8.42 Å². The van der Waals surface area contributed by atoms with Crippen LogP contribution in [-0.2, 0) is 9.84 Å². The third kappa shape index (κ3) is 2.86. The normalized spacial score (nSPS) is 11.1. The molecule has 1 N–H and O–H groups in total. The molecule has 0 unspecified atom stereocenters. The van der Waals surface area contributed by atoms with Crippen molar-refractivity contribution in [2.75, 3.05) is 25.2 Å². The molecule has 0 aliphatic rings. The lowest BCUT2D eigenvalue weighted by molar-refractivity contribution is 0.415. The SMILES string of the molecule is CCNc1ccc(S(C)(=O)=O)cc1OC. The Labute approximate surface area is 90.2 Å². The van der Waals surface area contributed by atoms with Gasteiger partial charge in [0, 0.05) is 18.9 Å². The molecule has 84 valence electrons. The largest absolute Gasteiger partial charge is 0.495 e. The van der Waals surface area contributed by atoms with Crippen LogP contribution >= 0.6 is 0 Å². The van der Waals surface area contributed by atoms with Crippen LogP contribution in [0.15, 0.2) is 23.1 Å². The summed E-state index contributed by atoms with van der Waals surface area (Å²) < 4.78 is 27.7. The summed E-state index contributed by atoms with van der Waals surface area (Å²) in [5.41, 5.74) is 0.799. The number of hydrogen-bond donors (Lipinski definition) is 1. The average molecular weight is 229 g/mol. The van der Waals surface area contributed by atoms with Crippen LogP contribution in [0.2, 0.25) is 0 Å². The van der Waals surface area contributed by atoms with E-state index in [1.165, 1.54) is 19.4 Å². The van der Waals surface area contributed by atoms with Gasteiger partial charge in [-0.1, -0.05) is 0 Å². The van der Waals surface area contributed by atoms with Crippen molar-refractivity contribution < 1.29 is 13.2 Å². The second kappa shape index (κ2) is 4.53. The average Bonchev–Trinajstić information content (AvgIpc) is 2.17. The van der Waals surface area contributed by atoms with Gasteiger partial charge < -0.3 is 10.1 Å². The molecule has 1 aromatic rings. The number of nitrogens with one attached hydrogen (secondary N) is 1. The van der Waals surface area contributed by atoms with Gasteiger partial charge >= 0.3 is 0 Å². The standard InChI is InChI=1S/C10H15NO3S/c1-4-11-9-6-5-8(15(3,12)13)7-10(9)14-2/h5-7,11H,4H2,1-3H3. The molecule has 1 rings (SSSR count). The van der Waals surface area contributed by atoms with Gasteiger partial charge in [-0.3, -0.25) is 0 Å². The zero-order chi connectivity index (χ0) is 11.5. The van der Waals surface area contributed by atoms with Crippen LogP contribution in [0.25, 0.3) is 0 Å². The van der Waals surface area contributed by atoms with Crippen LogP contribution < -0.4 is 10.1 Å². The highest BCUT2D eigenvalue weighted by atomic mass is 32.2. The van der Waals surface area contributed by atoms with Gasteiger partial charge in [-0.05, 0) is 19.1 Å². The number of anilines is 1.